The summed E-state index contributed by atoms with van der Waals surface area (Å²) in [5.41, 5.74) is 0.725. The summed E-state index contributed by atoms with van der Waals surface area (Å²) >= 11 is 7.35. The Morgan fingerprint density at radius 2 is 1.97 bits per heavy atom. The lowest BCUT2D eigenvalue weighted by Crippen LogP contribution is -2.50. The van der Waals surface area contributed by atoms with Gasteiger partial charge >= 0.3 is 18.4 Å². The van der Waals surface area contributed by atoms with Crippen molar-refractivity contribution in [2.24, 2.45) is 0 Å². The highest BCUT2D eigenvalue weighted by molar-refractivity contribution is 7.22. The first-order valence-electron chi connectivity index (χ1n) is 10.2. The van der Waals surface area contributed by atoms with Crippen molar-refractivity contribution in [1.29, 1.82) is 0 Å². The first-order valence-corrected chi connectivity index (χ1v) is 11.4. The van der Waals surface area contributed by atoms with Crippen LogP contribution >= 0.6 is 22.9 Å². The zero-order chi connectivity index (χ0) is 23.2. The number of carbonyl (C=O) groups excluding carboxylic acids is 1. The highest BCUT2D eigenvalue weighted by Gasteiger charge is 2.42. The molecule has 2 aliphatic rings. The standard InChI is InChI=1S/C19H18ClF3N6O3S/c20-11-1-2-14-13(9-11)24-16(33-14)25-17(30)28-3-5-29(6-4-28)18-27-26-15(31-18)10-7-12(8-10)32-19(21,22)23/h1-2,9-10,12H,3-8H2,(H,24,25,30). The molecule has 9 nitrogen and oxygen atoms in total. The van der Waals surface area contributed by atoms with Gasteiger partial charge in [0, 0.05) is 37.1 Å². The van der Waals surface area contributed by atoms with Crippen LogP contribution in [0.5, 0.6) is 0 Å². The number of ether oxygens (including phenoxy) is 1. The van der Waals surface area contributed by atoms with Gasteiger partial charge in [-0.3, -0.25) is 10.1 Å². The van der Waals surface area contributed by atoms with E-state index in [0.717, 1.165) is 10.2 Å². The molecule has 1 aromatic carbocycles. The SMILES string of the molecule is O=C(Nc1nc2cc(Cl)ccc2s1)N1CCN(c2nnc(C3CC(OC(F)(F)F)C3)o2)CC1. The number of benzene rings is 1. The first kappa shape index (κ1) is 22.2. The number of fused-ring (bicyclic) bond motifs is 1. The molecule has 33 heavy (non-hydrogen) atoms. The maximum atomic E-state index is 12.6. The largest absolute Gasteiger partial charge is 0.522 e. The summed E-state index contributed by atoms with van der Waals surface area (Å²) in [6, 6.07) is 5.42. The molecule has 2 amide bonds. The molecule has 0 radical (unpaired) electrons. The number of urea groups is 1. The predicted octanol–water partition coefficient (Wildman–Crippen LogP) is 4.47. The summed E-state index contributed by atoms with van der Waals surface area (Å²) in [7, 11) is 0. The van der Waals surface area contributed by atoms with Crippen molar-refractivity contribution in [1.82, 2.24) is 20.1 Å². The number of nitrogens with one attached hydrogen (secondary N) is 1. The van der Waals surface area contributed by atoms with Gasteiger partial charge in [0.25, 0.3) is 0 Å². The Bertz CT molecular complexity index is 1160. The minimum absolute atomic E-state index is 0.188. The van der Waals surface area contributed by atoms with Crippen LogP contribution < -0.4 is 10.2 Å². The molecule has 3 heterocycles. The normalized spacial score (nSPS) is 21.3. The van der Waals surface area contributed by atoms with Gasteiger partial charge in [-0.25, -0.2) is 9.78 Å². The fourth-order valence-corrected chi connectivity index (χ4v) is 4.80. The van der Waals surface area contributed by atoms with E-state index in [1.54, 1.807) is 17.0 Å². The van der Waals surface area contributed by atoms with E-state index >= 15 is 0 Å². The van der Waals surface area contributed by atoms with E-state index in [4.69, 9.17) is 16.0 Å². The van der Waals surface area contributed by atoms with Crippen LogP contribution in [0.3, 0.4) is 0 Å². The fraction of sp³-hybridized carbons (Fsp3) is 0.474. The molecule has 1 N–H and O–H groups in total. The summed E-state index contributed by atoms with van der Waals surface area (Å²) < 4.78 is 47.4. The van der Waals surface area contributed by atoms with E-state index < -0.39 is 12.5 Å². The Morgan fingerprint density at radius 3 is 2.70 bits per heavy atom. The second kappa shape index (κ2) is 8.61. The fourth-order valence-electron chi connectivity index (χ4n) is 3.80. The van der Waals surface area contributed by atoms with Gasteiger partial charge in [0.15, 0.2) is 5.13 Å². The topological polar surface area (TPSA) is 96.6 Å². The van der Waals surface area contributed by atoms with Crippen molar-refractivity contribution in [3.05, 3.63) is 29.1 Å². The Labute approximate surface area is 194 Å². The summed E-state index contributed by atoms with van der Waals surface area (Å²) in [5, 5.41) is 11.9. The lowest BCUT2D eigenvalue weighted by atomic mass is 9.82. The quantitative estimate of drug-likeness (QED) is 0.562. The lowest BCUT2D eigenvalue weighted by Gasteiger charge is -2.34. The zero-order valence-corrected chi connectivity index (χ0v) is 18.6. The number of amides is 2. The Balaban J connectivity index is 1.12. The van der Waals surface area contributed by atoms with Gasteiger partial charge in [0.2, 0.25) is 5.89 Å². The molecule has 1 saturated heterocycles. The maximum Gasteiger partial charge on any atom is 0.522 e. The molecule has 14 heteroatoms. The molecular formula is C19H18ClF3N6O3S. The molecule has 3 aromatic rings. The van der Waals surface area contributed by atoms with Crippen LogP contribution in [0.2, 0.25) is 5.02 Å². The van der Waals surface area contributed by atoms with Crippen LogP contribution in [0.4, 0.5) is 29.1 Å². The third-order valence-corrected chi connectivity index (χ3v) is 6.76. The second-order valence-corrected chi connectivity index (χ2v) is 9.28. The van der Waals surface area contributed by atoms with Crippen LogP contribution in [0.1, 0.15) is 24.7 Å². The number of hydrogen-bond donors (Lipinski definition) is 1. The van der Waals surface area contributed by atoms with Crippen molar-refractivity contribution in [3.8, 4) is 0 Å². The molecule has 2 fully saturated rings. The van der Waals surface area contributed by atoms with Gasteiger partial charge in [-0.1, -0.05) is 28.0 Å². The van der Waals surface area contributed by atoms with Gasteiger partial charge < -0.3 is 14.2 Å². The van der Waals surface area contributed by atoms with Gasteiger partial charge in [0.05, 0.1) is 16.3 Å². The van der Waals surface area contributed by atoms with E-state index in [9.17, 15) is 18.0 Å². The number of hydrogen-bond acceptors (Lipinski definition) is 8. The number of anilines is 2. The Hall–Kier alpha value is -2.64. The van der Waals surface area contributed by atoms with Gasteiger partial charge in [-0.15, -0.1) is 18.3 Å². The minimum Gasteiger partial charge on any atom is -0.408 e. The minimum atomic E-state index is -4.64. The van der Waals surface area contributed by atoms with E-state index in [-0.39, 0.29) is 24.8 Å². The third-order valence-electron chi connectivity index (χ3n) is 5.58. The molecule has 0 bridgehead atoms. The van der Waals surface area contributed by atoms with Gasteiger partial charge in [-0.05, 0) is 31.0 Å². The second-order valence-electron chi connectivity index (χ2n) is 7.81. The van der Waals surface area contributed by atoms with Crippen LogP contribution in [0.15, 0.2) is 22.6 Å². The maximum absolute atomic E-state index is 12.6. The molecule has 0 unspecified atom stereocenters. The summed E-state index contributed by atoms with van der Waals surface area (Å²) in [4.78, 5) is 20.5. The molecule has 1 aliphatic carbocycles. The van der Waals surface area contributed by atoms with Crippen molar-refractivity contribution >= 4 is 50.3 Å². The third kappa shape index (κ3) is 4.99. The number of carbonyl (C=O) groups is 1. The van der Waals surface area contributed by atoms with Crippen molar-refractivity contribution in [2.75, 3.05) is 36.4 Å². The first-order chi connectivity index (χ1) is 15.7. The number of thiazole rings is 1. The number of aromatic nitrogens is 3. The van der Waals surface area contributed by atoms with Crippen LogP contribution in [0, 0.1) is 0 Å². The average molecular weight is 503 g/mol. The predicted molar refractivity (Wildman–Crippen MR) is 115 cm³/mol. The molecule has 1 aliphatic heterocycles. The molecule has 1 saturated carbocycles. The van der Waals surface area contributed by atoms with Crippen LogP contribution in [0.25, 0.3) is 10.2 Å². The number of rotatable bonds is 4. The van der Waals surface area contributed by atoms with Crippen LogP contribution in [-0.2, 0) is 4.74 Å². The number of alkyl halides is 3. The van der Waals surface area contributed by atoms with E-state index in [1.165, 1.54) is 11.3 Å². The molecule has 5 rings (SSSR count). The highest BCUT2D eigenvalue weighted by atomic mass is 35.5. The average Bonchev–Trinajstić information content (AvgIpc) is 3.36. The molecule has 0 spiro atoms. The lowest BCUT2D eigenvalue weighted by molar-refractivity contribution is -0.352. The van der Waals surface area contributed by atoms with Crippen molar-refractivity contribution < 1.29 is 27.1 Å². The zero-order valence-electron chi connectivity index (χ0n) is 17.0. The summed E-state index contributed by atoms with van der Waals surface area (Å²) in [6.07, 6.45) is -5.14. The number of piperazine rings is 1. The number of nitrogens with zero attached hydrogens (tertiary/aromatic N) is 5. The highest BCUT2D eigenvalue weighted by Crippen LogP contribution is 2.41. The summed E-state index contributed by atoms with van der Waals surface area (Å²) in [5.74, 6) is 0.0671. The van der Waals surface area contributed by atoms with E-state index in [1.807, 2.05) is 11.0 Å². The monoisotopic (exact) mass is 502 g/mol. The smallest absolute Gasteiger partial charge is 0.408 e. The van der Waals surface area contributed by atoms with E-state index in [2.05, 4.69) is 25.2 Å². The molecular weight excluding hydrogens is 485 g/mol. The molecule has 2 aromatic heterocycles. The van der Waals surface area contributed by atoms with Crippen LogP contribution in [-0.4, -0.2) is 64.8 Å². The molecule has 0 atom stereocenters. The van der Waals surface area contributed by atoms with Crippen molar-refractivity contribution in [3.63, 3.8) is 0 Å². The Kier molecular flexibility index (Phi) is 5.79. The molecule has 176 valence electrons. The summed E-state index contributed by atoms with van der Waals surface area (Å²) in [6.45, 7) is 1.83. The van der Waals surface area contributed by atoms with Gasteiger partial charge in [0.1, 0.15) is 0 Å². The van der Waals surface area contributed by atoms with E-state index in [0.29, 0.717) is 48.2 Å². The van der Waals surface area contributed by atoms with Gasteiger partial charge in [-0.2, -0.15) is 0 Å². The Morgan fingerprint density at radius 1 is 1.21 bits per heavy atom. The van der Waals surface area contributed by atoms with Crippen molar-refractivity contribution in [2.45, 2.75) is 31.2 Å². The number of halogens is 4.